The third-order valence-corrected chi connectivity index (χ3v) is 1.70. The zero-order valence-electron chi connectivity index (χ0n) is 7.37. The Hall–Kier alpha value is -1.55. The van der Waals surface area contributed by atoms with Crippen molar-refractivity contribution in [2.24, 2.45) is 0 Å². The molecule has 0 aromatic heterocycles. The molecule has 0 saturated heterocycles. The first kappa shape index (κ1) is 10.5. The van der Waals surface area contributed by atoms with E-state index in [-0.39, 0.29) is 5.69 Å². The van der Waals surface area contributed by atoms with Crippen LogP contribution in [0.1, 0.15) is 0 Å². The number of hydrogen-bond donors (Lipinski definition) is 1. The van der Waals surface area contributed by atoms with Gasteiger partial charge in [0.2, 0.25) is 0 Å². The van der Waals surface area contributed by atoms with Gasteiger partial charge in [0.25, 0.3) is 5.69 Å². The molecule has 0 heterocycles. The van der Waals surface area contributed by atoms with Crippen LogP contribution < -0.4 is 5.32 Å². The van der Waals surface area contributed by atoms with Crippen molar-refractivity contribution in [2.75, 3.05) is 11.9 Å². The molecule has 1 rings (SSSR count). The third kappa shape index (κ3) is 3.06. The van der Waals surface area contributed by atoms with Crippen molar-refractivity contribution in [3.05, 3.63) is 46.0 Å². The van der Waals surface area contributed by atoms with Crippen LogP contribution in [0.15, 0.2) is 35.9 Å². The van der Waals surface area contributed by atoms with E-state index in [1.165, 1.54) is 12.1 Å². The van der Waals surface area contributed by atoms with E-state index in [0.29, 0.717) is 11.6 Å². The highest BCUT2D eigenvalue weighted by molar-refractivity contribution is 6.29. The number of rotatable bonds is 4. The van der Waals surface area contributed by atoms with E-state index in [9.17, 15) is 10.1 Å². The topological polar surface area (TPSA) is 55.2 Å². The monoisotopic (exact) mass is 212 g/mol. The lowest BCUT2D eigenvalue weighted by Gasteiger charge is -2.03. The number of anilines is 1. The van der Waals surface area contributed by atoms with Crippen molar-refractivity contribution in [3.63, 3.8) is 0 Å². The number of halogens is 1. The van der Waals surface area contributed by atoms with Gasteiger partial charge in [-0.15, -0.1) is 0 Å². The number of nitro groups is 1. The summed E-state index contributed by atoms with van der Waals surface area (Å²) in [6.45, 7) is 3.95. The normalized spacial score (nSPS) is 9.50. The molecule has 0 aliphatic rings. The molecule has 0 amide bonds. The van der Waals surface area contributed by atoms with Crippen LogP contribution in [-0.4, -0.2) is 11.5 Å². The molecule has 1 aromatic rings. The number of hydrogen-bond acceptors (Lipinski definition) is 3. The minimum atomic E-state index is -0.440. The quantitative estimate of drug-likeness (QED) is 0.617. The Kier molecular flexibility index (Phi) is 3.48. The molecule has 0 fully saturated rings. The van der Waals surface area contributed by atoms with Gasteiger partial charge < -0.3 is 5.32 Å². The predicted octanol–water partition coefficient (Wildman–Crippen LogP) is 2.76. The molecule has 5 heteroatoms. The van der Waals surface area contributed by atoms with Crippen molar-refractivity contribution in [3.8, 4) is 0 Å². The van der Waals surface area contributed by atoms with Gasteiger partial charge in [-0.3, -0.25) is 10.1 Å². The van der Waals surface area contributed by atoms with Crippen molar-refractivity contribution >= 4 is 23.0 Å². The Labute approximate surface area is 86.3 Å². The first-order valence-corrected chi connectivity index (χ1v) is 4.29. The van der Waals surface area contributed by atoms with E-state index in [4.69, 9.17) is 11.6 Å². The molecule has 0 unspecified atom stereocenters. The van der Waals surface area contributed by atoms with Gasteiger partial charge in [0, 0.05) is 22.9 Å². The minimum absolute atomic E-state index is 0.0697. The Morgan fingerprint density at radius 3 is 2.50 bits per heavy atom. The molecule has 1 aromatic carbocycles. The molecule has 0 aliphatic heterocycles. The molecule has 14 heavy (non-hydrogen) atoms. The fourth-order valence-corrected chi connectivity index (χ4v) is 0.966. The smallest absolute Gasteiger partial charge is 0.269 e. The van der Waals surface area contributed by atoms with Crippen molar-refractivity contribution < 1.29 is 4.92 Å². The Morgan fingerprint density at radius 1 is 1.50 bits per heavy atom. The highest BCUT2D eigenvalue weighted by Gasteiger charge is 2.02. The van der Waals surface area contributed by atoms with E-state index in [0.717, 1.165) is 5.69 Å². The predicted molar refractivity (Wildman–Crippen MR) is 56.6 cm³/mol. The maximum absolute atomic E-state index is 10.3. The molecule has 74 valence electrons. The lowest BCUT2D eigenvalue weighted by Crippen LogP contribution is -2.00. The van der Waals surface area contributed by atoms with Crippen molar-refractivity contribution in [1.82, 2.24) is 0 Å². The Bertz CT molecular complexity index is 348. The van der Waals surface area contributed by atoms with Gasteiger partial charge in [-0.1, -0.05) is 18.2 Å². The molecule has 0 spiro atoms. The van der Waals surface area contributed by atoms with Crippen LogP contribution in [-0.2, 0) is 0 Å². The van der Waals surface area contributed by atoms with Crippen LogP contribution in [0.3, 0.4) is 0 Å². The molecule has 0 bridgehead atoms. The third-order valence-electron chi connectivity index (χ3n) is 1.56. The van der Waals surface area contributed by atoms with Gasteiger partial charge in [-0.05, 0) is 12.1 Å². The van der Waals surface area contributed by atoms with Crippen LogP contribution in [0.25, 0.3) is 0 Å². The molecular formula is C9H9ClN2O2. The highest BCUT2D eigenvalue weighted by atomic mass is 35.5. The standard InChI is InChI=1S/C9H9ClN2O2/c1-7(10)6-11-8-2-4-9(5-3-8)12(13)14/h2-5,11H,1,6H2. The summed E-state index contributed by atoms with van der Waals surface area (Å²) in [6, 6.07) is 6.11. The minimum Gasteiger partial charge on any atom is -0.380 e. The van der Waals surface area contributed by atoms with Crippen molar-refractivity contribution in [2.45, 2.75) is 0 Å². The molecule has 0 aliphatic carbocycles. The second-order valence-corrected chi connectivity index (χ2v) is 3.21. The van der Waals surface area contributed by atoms with Crippen LogP contribution in [0.2, 0.25) is 0 Å². The maximum Gasteiger partial charge on any atom is 0.269 e. The van der Waals surface area contributed by atoms with Crippen LogP contribution in [0, 0.1) is 10.1 Å². The zero-order valence-corrected chi connectivity index (χ0v) is 8.12. The van der Waals surface area contributed by atoms with Gasteiger partial charge in [0.15, 0.2) is 0 Å². The second-order valence-electron chi connectivity index (χ2n) is 2.67. The number of nitro benzene ring substituents is 1. The number of non-ortho nitro benzene ring substituents is 1. The fourth-order valence-electron chi connectivity index (χ4n) is 0.899. The molecule has 0 atom stereocenters. The average Bonchev–Trinajstić information content (AvgIpc) is 2.15. The Morgan fingerprint density at radius 2 is 2.07 bits per heavy atom. The summed E-state index contributed by atoms with van der Waals surface area (Å²) in [5.74, 6) is 0. The molecule has 0 radical (unpaired) electrons. The summed E-state index contributed by atoms with van der Waals surface area (Å²) in [7, 11) is 0. The van der Waals surface area contributed by atoms with E-state index in [2.05, 4.69) is 11.9 Å². The molecule has 0 saturated carbocycles. The van der Waals surface area contributed by atoms with Crippen LogP contribution in [0.4, 0.5) is 11.4 Å². The largest absolute Gasteiger partial charge is 0.380 e. The fraction of sp³-hybridized carbons (Fsp3) is 0.111. The highest BCUT2D eigenvalue weighted by Crippen LogP contribution is 2.15. The summed E-state index contributed by atoms with van der Waals surface area (Å²) in [5.41, 5.74) is 0.845. The Balaban J connectivity index is 2.64. The maximum atomic E-state index is 10.3. The molecule has 4 nitrogen and oxygen atoms in total. The first-order valence-electron chi connectivity index (χ1n) is 3.91. The summed E-state index contributed by atoms with van der Waals surface area (Å²) in [5, 5.41) is 13.8. The zero-order chi connectivity index (χ0) is 10.6. The second kappa shape index (κ2) is 4.62. The summed E-state index contributed by atoms with van der Waals surface area (Å²) in [6.07, 6.45) is 0. The van der Waals surface area contributed by atoms with Gasteiger partial charge in [0.1, 0.15) is 0 Å². The van der Waals surface area contributed by atoms with Gasteiger partial charge in [-0.25, -0.2) is 0 Å². The SMILES string of the molecule is C=C(Cl)CNc1ccc([N+](=O)[O-])cc1. The number of nitrogens with zero attached hydrogens (tertiary/aromatic N) is 1. The first-order chi connectivity index (χ1) is 6.59. The van der Waals surface area contributed by atoms with E-state index < -0.39 is 4.92 Å². The van der Waals surface area contributed by atoms with E-state index >= 15 is 0 Å². The van der Waals surface area contributed by atoms with Crippen LogP contribution in [0.5, 0.6) is 0 Å². The van der Waals surface area contributed by atoms with Crippen LogP contribution >= 0.6 is 11.6 Å². The number of benzene rings is 1. The van der Waals surface area contributed by atoms with E-state index in [1.807, 2.05) is 0 Å². The van der Waals surface area contributed by atoms with Gasteiger partial charge in [-0.2, -0.15) is 0 Å². The summed E-state index contributed by atoms with van der Waals surface area (Å²) in [4.78, 5) is 9.89. The van der Waals surface area contributed by atoms with E-state index in [1.54, 1.807) is 12.1 Å². The summed E-state index contributed by atoms with van der Waals surface area (Å²) >= 11 is 5.54. The summed E-state index contributed by atoms with van der Waals surface area (Å²) < 4.78 is 0. The molecule has 1 N–H and O–H groups in total. The number of nitrogens with one attached hydrogen (secondary N) is 1. The van der Waals surface area contributed by atoms with Crippen molar-refractivity contribution in [1.29, 1.82) is 0 Å². The lowest BCUT2D eigenvalue weighted by molar-refractivity contribution is -0.384. The molecular weight excluding hydrogens is 204 g/mol. The average molecular weight is 213 g/mol. The van der Waals surface area contributed by atoms with Gasteiger partial charge >= 0.3 is 0 Å². The lowest BCUT2D eigenvalue weighted by atomic mass is 10.3. The van der Waals surface area contributed by atoms with Gasteiger partial charge in [0.05, 0.1) is 11.5 Å².